The third-order valence-corrected chi connectivity index (χ3v) is 2.77. The summed E-state index contributed by atoms with van der Waals surface area (Å²) in [4.78, 5) is 9.78. The van der Waals surface area contributed by atoms with E-state index in [1.165, 1.54) is 10.9 Å². The number of aryl methyl sites for hydroxylation is 2. The average Bonchev–Trinajstić information content (AvgIpc) is 2.86. The number of hydrogen-bond acceptors (Lipinski definition) is 5. The highest BCUT2D eigenvalue weighted by Crippen LogP contribution is 2.24. The Balaban J connectivity index is 2.11. The first-order chi connectivity index (χ1) is 9.63. The maximum Gasteiger partial charge on any atom is 0.207 e. The van der Waals surface area contributed by atoms with Gasteiger partial charge in [0.1, 0.15) is 5.82 Å². The van der Waals surface area contributed by atoms with E-state index in [-0.39, 0.29) is 11.4 Å². The summed E-state index contributed by atoms with van der Waals surface area (Å²) >= 11 is 0. The summed E-state index contributed by atoms with van der Waals surface area (Å²) in [5.41, 5.74) is 1.83. The van der Waals surface area contributed by atoms with Crippen LogP contribution in [0.15, 0.2) is 30.5 Å². The molecule has 0 N–H and O–H groups in total. The smallest absolute Gasteiger partial charge is 0.207 e. The average molecular weight is 270 g/mol. The van der Waals surface area contributed by atoms with E-state index < -0.39 is 5.82 Å². The van der Waals surface area contributed by atoms with Crippen LogP contribution in [0.5, 0.6) is 0 Å². The summed E-state index contributed by atoms with van der Waals surface area (Å²) in [6, 6.07) is 6.41. The standard InChI is InChI=1S/C13H11FN6/c1-8-5-6-15-12(16-8)9-3-4-11(14)10(7-9)13-17-19-20(2)18-13/h3-7H,1-2H3. The van der Waals surface area contributed by atoms with Crippen LogP contribution in [0.25, 0.3) is 22.8 Å². The molecule has 0 fully saturated rings. The van der Waals surface area contributed by atoms with Gasteiger partial charge in [-0.15, -0.1) is 10.2 Å². The lowest BCUT2D eigenvalue weighted by atomic mass is 10.1. The molecule has 7 heteroatoms. The van der Waals surface area contributed by atoms with Crippen molar-refractivity contribution in [3.63, 3.8) is 0 Å². The number of aromatic nitrogens is 6. The zero-order valence-electron chi connectivity index (χ0n) is 10.9. The minimum absolute atomic E-state index is 0.236. The fourth-order valence-corrected chi connectivity index (χ4v) is 1.82. The van der Waals surface area contributed by atoms with Gasteiger partial charge in [-0.2, -0.15) is 4.80 Å². The second kappa shape index (κ2) is 4.76. The van der Waals surface area contributed by atoms with Crippen molar-refractivity contribution in [3.05, 3.63) is 42.0 Å². The van der Waals surface area contributed by atoms with Gasteiger partial charge in [-0.1, -0.05) is 0 Å². The van der Waals surface area contributed by atoms with E-state index in [0.29, 0.717) is 11.4 Å². The minimum Gasteiger partial charge on any atom is -0.237 e. The summed E-state index contributed by atoms with van der Waals surface area (Å²) in [6.07, 6.45) is 1.67. The molecule has 0 unspecified atom stereocenters. The Bertz CT molecular complexity index is 767. The second-order valence-corrected chi connectivity index (χ2v) is 4.32. The number of nitrogens with zero attached hydrogens (tertiary/aromatic N) is 6. The third kappa shape index (κ3) is 2.25. The molecule has 0 spiro atoms. The first-order valence-corrected chi connectivity index (χ1v) is 5.97. The van der Waals surface area contributed by atoms with Gasteiger partial charge in [-0.05, 0) is 36.4 Å². The molecule has 20 heavy (non-hydrogen) atoms. The van der Waals surface area contributed by atoms with Crippen LogP contribution in [0.2, 0.25) is 0 Å². The predicted octanol–water partition coefficient (Wildman–Crippen LogP) is 1.78. The Kier molecular flexibility index (Phi) is 2.94. The van der Waals surface area contributed by atoms with Crippen molar-refractivity contribution < 1.29 is 4.39 Å². The van der Waals surface area contributed by atoms with Crippen molar-refractivity contribution in [1.29, 1.82) is 0 Å². The van der Waals surface area contributed by atoms with Crippen LogP contribution in [0.3, 0.4) is 0 Å². The van der Waals surface area contributed by atoms with E-state index in [9.17, 15) is 4.39 Å². The van der Waals surface area contributed by atoms with Crippen molar-refractivity contribution in [3.8, 4) is 22.8 Å². The normalized spacial score (nSPS) is 10.8. The van der Waals surface area contributed by atoms with Crippen molar-refractivity contribution in [1.82, 2.24) is 30.2 Å². The summed E-state index contributed by atoms with van der Waals surface area (Å²) in [5, 5.41) is 11.5. The molecule has 1 aromatic carbocycles. The SMILES string of the molecule is Cc1ccnc(-c2ccc(F)c(-c3nnn(C)n3)c2)n1. The number of tetrazole rings is 1. The van der Waals surface area contributed by atoms with Crippen LogP contribution >= 0.6 is 0 Å². The van der Waals surface area contributed by atoms with Crippen LogP contribution < -0.4 is 0 Å². The van der Waals surface area contributed by atoms with E-state index >= 15 is 0 Å². The Hall–Kier alpha value is -2.70. The van der Waals surface area contributed by atoms with Crippen molar-refractivity contribution in [2.24, 2.45) is 7.05 Å². The van der Waals surface area contributed by atoms with Gasteiger partial charge >= 0.3 is 0 Å². The molecule has 0 bridgehead atoms. The zero-order chi connectivity index (χ0) is 14.1. The molecule has 0 aliphatic heterocycles. The lowest BCUT2D eigenvalue weighted by Crippen LogP contribution is -1.94. The highest BCUT2D eigenvalue weighted by molar-refractivity contribution is 5.66. The van der Waals surface area contributed by atoms with Crippen LogP contribution in [0, 0.1) is 12.7 Å². The quantitative estimate of drug-likeness (QED) is 0.710. The zero-order valence-corrected chi connectivity index (χ0v) is 10.9. The Morgan fingerprint density at radius 2 is 2.00 bits per heavy atom. The van der Waals surface area contributed by atoms with Crippen LogP contribution in [0.4, 0.5) is 4.39 Å². The summed E-state index contributed by atoms with van der Waals surface area (Å²) in [7, 11) is 1.63. The fraction of sp³-hybridized carbons (Fsp3) is 0.154. The van der Waals surface area contributed by atoms with Crippen molar-refractivity contribution in [2.75, 3.05) is 0 Å². The summed E-state index contributed by atoms with van der Waals surface area (Å²) in [5.74, 6) is 0.365. The number of benzene rings is 1. The lowest BCUT2D eigenvalue weighted by molar-refractivity contribution is 0.625. The Morgan fingerprint density at radius 1 is 1.15 bits per heavy atom. The van der Waals surface area contributed by atoms with E-state index in [0.717, 1.165) is 5.69 Å². The fourth-order valence-electron chi connectivity index (χ4n) is 1.82. The highest BCUT2D eigenvalue weighted by atomic mass is 19.1. The monoisotopic (exact) mass is 270 g/mol. The maximum atomic E-state index is 13.9. The molecule has 100 valence electrons. The van der Waals surface area contributed by atoms with Gasteiger partial charge in [0.05, 0.1) is 12.6 Å². The molecular weight excluding hydrogens is 259 g/mol. The van der Waals surface area contributed by atoms with Crippen molar-refractivity contribution >= 4 is 0 Å². The Labute approximate surface area is 114 Å². The van der Waals surface area contributed by atoms with Gasteiger partial charge < -0.3 is 0 Å². The largest absolute Gasteiger partial charge is 0.237 e. The second-order valence-electron chi connectivity index (χ2n) is 4.32. The van der Waals surface area contributed by atoms with Gasteiger partial charge in [0, 0.05) is 17.5 Å². The molecule has 2 aromatic heterocycles. The summed E-state index contributed by atoms with van der Waals surface area (Å²) < 4.78 is 13.9. The van der Waals surface area contributed by atoms with Gasteiger partial charge in [-0.25, -0.2) is 14.4 Å². The molecule has 0 saturated carbocycles. The molecule has 0 saturated heterocycles. The van der Waals surface area contributed by atoms with Crippen LogP contribution in [-0.2, 0) is 7.05 Å². The molecule has 0 aliphatic carbocycles. The Morgan fingerprint density at radius 3 is 2.70 bits per heavy atom. The van der Waals surface area contributed by atoms with E-state index in [4.69, 9.17) is 0 Å². The molecular formula is C13H11FN6. The van der Waals surface area contributed by atoms with E-state index in [1.807, 2.05) is 6.92 Å². The number of rotatable bonds is 2. The molecule has 0 radical (unpaired) electrons. The first kappa shape index (κ1) is 12.3. The molecule has 0 aliphatic rings. The number of hydrogen-bond donors (Lipinski definition) is 0. The molecule has 3 aromatic rings. The molecule has 3 rings (SSSR count). The van der Waals surface area contributed by atoms with Crippen LogP contribution in [-0.4, -0.2) is 30.2 Å². The van der Waals surface area contributed by atoms with Crippen molar-refractivity contribution in [2.45, 2.75) is 6.92 Å². The van der Waals surface area contributed by atoms with Gasteiger partial charge in [0.15, 0.2) is 5.82 Å². The minimum atomic E-state index is -0.408. The predicted molar refractivity (Wildman–Crippen MR) is 70.0 cm³/mol. The molecule has 6 nitrogen and oxygen atoms in total. The van der Waals surface area contributed by atoms with E-state index in [2.05, 4.69) is 25.4 Å². The van der Waals surface area contributed by atoms with Gasteiger partial charge in [0.2, 0.25) is 5.82 Å². The van der Waals surface area contributed by atoms with Gasteiger partial charge in [-0.3, -0.25) is 0 Å². The van der Waals surface area contributed by atoms with Gasteiger partial charge in [0.25, 0.3) is 0 Å². The number of halogens is 1. The molecule has 2 heterocycles. The first-order valence-electron chi connectivity index (χ1n) is 5.97. The van der Waals surface area contributed by atoms with Crippen LogP contribution in [0.1, 0.15) is 5.69 Å². The maximum absolute atomic E-state index is 13.9. The molecule has 0 atom stereocenters. The van der Waals surface area contributed by atoms with E-state index in [1.54, 1.807) is 31.4 Å². The third-order valence-electron chi connectivity index (χ3n) is 2.77. The lowest BCUT2D eigenvalue weighted by Gasteiger charge is -2.03. The summed E-state index contributed by atoms with van der Waals surface area (Å²) in [6.45, 7) is 1.87. The topological polar surface area (TPSA) is 69.4 Å². The molecule has 0 amide bonds. The highest BCUT2D eigenvalue weighted by Gasteiger charge is 2.13.